The van der Waals surface area contributed by atoms with Crippen LogP contribution < -0.4 is 10.2 Å². The van der Waals surface area contributed by atoms with Crippen LogP contribution >= 0.6 is 0 Å². The Morgan fingerprint density at radius 3 is 2.38 bits per heavy atom. The zero-order valence-electron chi connectivity index (χ0n) is 24.9. The summed E-state index contributed by atoms with van der Waals surface area (Å²) in [6.45, 7) is 10.8. The summed E-state index contributed by atoms with van der Waals surface area (Å²) < 4.78 is 2.30. The molecule has 0 unspecified atom stereocenters. The summed E-state index contributed by atoms with van der Waals surface area (Å²) in [5.74, 6) is 0.0779. The molecule has 2 aliphatic rings. The van der Waals surface area contributed by atoms with Crippen molar-refractivity contribution in [2.24, 2.45) is 0 Å². The number of allylic oxidation sites excluding steroid dienone is 6. The molecule has 0 radical (unpaired) electrons. The third-order valence-corrected chi connectivity index (χ3v) is 8.41. The van der Waals surface area contributed by atoms with Gasteiger partial charge < -0.3 is 15.3 Å². The van der Waals surface area contributed by atoms with E-state index in [1.807, 2.05) is 0 Å². The predicted octanol–water partition coefficient (Wildman–Crippen LogP) is 6.55. The molecule has 2 heterocycles. The molecule has 2 N–H and O–H groups in total. The summed E-state index contributed by atoms with van der Waals surface area (Å²) in [7, 11) is 2.15. The molecule has 0 atom stereocenters. The lowest BCUT2D eigenvalue weighted by Gasteiger charge is -2.27. The first-order valence-corrected chi connectivity index (χ1v) is 14.7. The van der Waals surface area contributed by atoms with E-state index >= 15 is 0 Å². The molecule has 0 aliphatic carbocycles. The molecule has 2 aromatic carbocycles. The Morgan fingerprint density at radius 2 is 1.62 bits per heavy atom. The van der Waals surface area contributed by atoms with Crippen molar-refractivity contribution in [2.45, 2.75) is 70.6 Å². The van der Waals surface area contributed by atoms with Crippen LogP contribution in [0.3, 0.4) is 0 Å². The molecule has 0 bridgehead atoms. The van der Waals surface area contributed by atoms with Gasteiger partial charge in [-0.1, -0.05) is 74.9 Å². The molecular formula is C35H46N3O2+. The molecular weight excluding hydrogens is 494 g/mol. The fraction of sp³-hybridized carbons (Fsp3) is 0.429. The van der Waals surface area contributed by atoms with Gasteiger partial charge in [-0.25, -0.2) is 0 Å². The van der Waals surface area contributed by atoms with Gasteiger partial charge in [-0.05, 0) is 50.8 Å². The van der Waals surface area contributed by atoms with Crippen LogP contribution in [0.1, 0.15) is 70.9 Å². The van der Waals surface area contributed by atoms with E-state index in [1.165, 1.54) is 33.9 Å². The number of benzene rings is 2. The van der Waals surface area contributed by atoms with Crippen molar-refractivity contribution >= 4 is 23.0 Å². The average Bonchev–Trinajstić information content (AvgIpc) is 3.27. The maximum absolute atomic E-state index is 12.0. The number of unbranched alkanes of at least 4 members (excludes halogenated alkanes) is 2. The van der Waals surface area contributed by atoms with Crippen molar-refractivity contribution in [3.63, 3.8) is 0 Å². The SMILES string of the molecule is C[N+]1=C(/C=C/C=C/C=C2/N(CCCCCC(=O)NCCCO)c3ccccc3C2(C)C)C(C)(C)c2ccccc21. The molecule has 4 rings (SSSR count). The molecule has 2 aliphatic heterocycles. The first-order valence-electron chi connectivity index (χ1n) is 14.7. The maximum Gasteiger partial charge on any atom is 0.219 e. The number of anilines is 1. The third-order valence-electron chi connectivity index (χ3n) is 8.41. The number of hydrogen-bond donors (Lipinski definition) is 2. The smallest absolute Gasteiger partial charge is 0.219 e. The average molecular weight is 541 g/mol. The Labute approximate surface area is 240 Å². The fourth-order valence-electron chi connectivity index (χ4n) is 6.17. The number of nitrogens with one attached hydrogen (secondary N) is 1. The highest BCUT2D eigenvalue weighted by molar-refractivity contribution is 6.03. The van der Waals surface area contributed by atoms with Crippen molar-refractivity contribution in [1.82, 2.24) is 5.32 Å². The number of carbonyl (C=O) groups excluding carboxylic acids is 1. The number of nitrogens with zero attached hydrogens (tertiary/aromatic N) is 2. The molecule has 0 aromatic heterocycles. The second-order valence-electron chi connectivity index (χ2n) is 11.9. The number of rotatable bonds is 12. The van der Waals surface area contributed by atoms with Crippen LogP contribution in [0.25, 0.3) is 0 Å². The standard InChI is InChI=1S/C35H45N3O2/c1-34(2)27-17-11-13-19-29(27)37(5)31(34)21-8-6-9-22-32-35(3,4)28-18-12-14-20-30(28)38(32)25-15-7-10-23-33(40)36-24-16-26-39/h6,8-9,11-14,17-22,39H,7,10,15-16,23-26H2,1-5H3/p+1. The van der Waals surface area contributed by atoms with E-state index in [2.05, 4.69) is 128 Å². The summed E-state index contributed by atoms with van der Waals surface area (Å²) in [6.07, 6.45) is 15.0. The first kappa shape index (κ1) is 29.5. The minimum atomic E-state index is -0.0820. The van der Waals surface area contributed by atoms with E-state index in [0.29, 0.717) is 19.4 Å². The number of aliphatic hydroxyl groups is 1. The van der Waals surface area contributed by atoms with Crippen LogP contribution in [-0.2, 0) is 15.6 Å². The van der Waals surface area contributed by atoms with Gasteiger partial charge >= 0.3 is 0 Å². The molecule has 2 aromatic rings. The zero-order valence-corrected chi connectivity index (χ0v) is 24.9. The number of carbonyl (C=O) groups is 1. The summed E-state index contributed by atoms with van der Waals surface area (Å²) in [5, 5.41) is 11.7. The highest BCUT2D eigenvalue weighted by atomic mass is 16.3. The molecule has 1 amide bonds. The van der Waals surface area contributed by atoms with Crippen molar-refractivity contribution in [3.8, 4) is 0 Å². The lowest BCUT2D eigenvalue weighted by atomic mass is 9.81. The van der Waals surface area contributed by atoms with Crippen LogP contribution in [0, 0.1) is 0 Å². The monoisotopic (exact) mass is 540 g/mol. The minimum absolute atomic E-state index is 0.0276. The lowest BCUT2D eigenvalue weighted by Crippen LogP contribution is -2.27. The van der Waals surface area contributed by atoms with Crippen LogP contribution in [0.15, 0.2) is 84.6 Å². The Morgan fingerprint density at radius 1 is 0.900 bits per heavy atom. The number of fused-ring (bicyclic) bond motifs is 2. The van der Waals surface area contributed by atoms with Gasteiger partial charge in [0.1, 0.15) is 7.05 Å². The highest BCUT2D eigenvalue weighted by Crippen LogP contribution is 2.47. The van der Waals surface area contributed by atoms with Crippen molar-refractivity contribution in [1.29, 1.82) is 0 Å². The van der Waals surface area contributed by atoms with E-state index in [4.69, 9.17) is 5.11 Å². The van der Waals surface area contributed by atoms with Gasteiger partial charge in [0.25, 0.3) is 0 Å². The summed E-state index contributed by atoms with van der Waals surface area (Å²) >= 11 is 0. The molecule has 5 nitrogen and oxygen atoms in total. The van der Waals surface area contributed by atoms with Gasteiger partial charge in [0.05, 0.1) is 5.41 Å². The summed E-state index contributed by atoms with van der Waals surface area (Å²) in [5.41, 5.74) is 7.78. The molecule has 0 saturated heterocycles. The van der Waals surface area contributed by atoms with E-state index in [-0.39, 0.29) is 23.3 Å². The lowest BCUT2D eigenvalue weighted by molar-refractivity contribution is -0.401. The Kier molecular flexibility index (Phi) is 9.47. The normalized spacial score (nSPS) is 18.2. The molecule has 5 heteroatoms. The topological polar surface area (TPSA) is 55.6 Å². The third kappa shape index (κ3) is 6.15. The second-order valence-corrected chi connectivity index (χ2v) is 11.9. The van der Waals surface area contributed by atoms with Crippen LogP contribution in [0.2, 0.25) is 0 Å². The molecule has 0 fully saturated rings. The van der Waals surface area contributed by atoms with E-state index < -0.39 is 0 Å². The van der Waals surface area contributed by atoms with Crippen LogP contribution in [0.4, 0.5) is 11.4 Å². The van der Waals surface area contributed by atoms with Crippen molar-refractivity contribution in [2.75, 3.05) is 31.6 Å². The van der Waals surface area contributed by atoms with E-state index in [9.17, 15) is 4.79 Å². The van der Waals surface area contributed by atoms with Gasteiger partial charge in [-0.3, -0.25) is 4.79 Å². The number of hydrogen-bond acceptors (Lipinski definition) is 3. The predicted molar refractivity (Wildman–Crippen MR) is 167 cm³/mol. The van der Waals surface area contributed by atoms with E-state index in [0.717, 1.165) is 25.8 Å². The van der Waals surface area contributed by atoms with Crippen LogP contribution in [0.5, 0.6) is 0 Å². The minimum Gasteiger partial charge on any atom is -0.396 e. The van der Waals surface area contributed by atoms with Gasteiger partial charge in [0.15, 0.2) is 5.71 Å². The van der Waals surface area contributed by atoms with Crippen molar-refractivity contribution in [3.05, 3.63) is 95.7 Å². The Bertz CT molecular complexity index is 1330. The quantitative estimate of drug-likeness (QED) is 0.182. The zero-order chi connectivity index (χ0) is 28.8. The number of aliphatic hydroxyl groups excluding tert-OH is 1. The summed E-state index contributed by atoms with van der Waals surface area (Å²) in [4.78, 5) is 14.4. The number of para-hydroxylation sites is 2. The summed E-state index contributed by atoms with van der Waals surface area (Å²) in [6, 6.07) is 17.4. The highest BCUT2D eigenvalue weighted by Gasteiger charge is 2.42. The fourth-order valence-corrected chi connectivity index (χ4v) is 6.17. The maximum atomic E-state index is 12.0. The Hall–Kier alpha value is -3.44. The van der Waals surface area contributed by atoms with Gasteiger partial charge in [0.2, 0.25) is 11.6 Å². The van der Waals surface area contributed by atoms with Gasteiger partial charge in [0, 0.05) is 60.6 Å². The largest absolute Gasteiger partial charge is 0.396 e. The molecule has 212 valence electrons. The number of amides is 1. The first-order chi connectivity index (χ1) is 19.2. The molecule has 0 saturated carbocycles. The van der Waals surface area contributed by atoms with Crippen LogP contribution in [-0.4, -0.2) is 48.0 Å². The Balaban J connectivity index is 1.42. The van der Waals surface area contributed by atoms with Crippen molar-refractivity contribution < 1.29 is 14.5 Å². The van der Waals surface area contributed by atoms with Gasteiger partial charge in [-0.2, -0.15) is 4.58 Å². The van der Waals surface area contributed by atoms with E-state index in [1.54, 1.807) is 0 Å². The van der Waals surface area contributed by atoms with Gasteiger partial charge in [-0.15, -0.1) is 0 Å². The second kappa shape index (κ2) is 12.8. The molecule has 40 heavy (non-hydrogen) atoms. The molecule has 0 spiro atoms.